The summed E-state index contributed by atoms with van der Waals surface area (Å²) in [6.07, 6.45) is 0. The van der Waals surface area contributed by atoms with Crippen LogP contribution in [-0.4, -0.2) is 42.4 Å². The van der Waals surface area contributed by atoms with Crippen molar-refractivity contribution in [2.75, 3.05) is 26.4 Å². The molecule has 13 heavy (non-hydrogen) atoms. The summed E-state index contributed by atoms with van der Waals surface area (Å²) in [6, 6.07) is 0. The third-order valence-corrected chi connectivity index (χ3v) is 1.44. The predicted octanol–water partition coefficient (Wildman–Crippen LogP) is 0.847. The van der Waals surface area contributed by atoms with Crippen LogP contribution in [0.4, 0.5) is 0 Å². The maximum atomic E-state index is 9.82. The average Bonchev–Trinajstić information content (AvgIpc) is 2.08. The second-order valence-electron chi connectivity index (χ2n) is 2.37. The molecule has 0 atom stereocenters. The van der Waals surface area contributed by atoms with Crippen molar-refractivity contribution in [3.05, 3.63) is 0 Å². The van der Waals surface area contributed by atoms with E-state index < -0.39 is 0 Å². The summed E-state index contributed by atoms with van der Waals surface area (Å²) in [4.78, 5) is 11.8. The quantitative estimate of drug-likeness (QED) is 0.528. The standard InChI is InChI=1S/C5H13NO.C4H8O2/c1-3-6(4-2)5-7;1-3-6-4(2)5/h7H,3-5H2,1-2H3;3H2,1-2H3. The number of carbonyl (C=O) groups excluding carboxylic acids is 1. The lowest BCUT2D eigenvalue weighted by Gasteiger charge is -2.12. The number of aliphatic hydroxyl groups excluding tert-OH is 1. The number of carbonyl (C=O) groups is 1. The van der Waals surface area contributed by atoms with Gasteiger partial charge in [0.15, 0.2) is 0 Å². The molecule has 0 aromatic heterocycles. The predicted molar refractivity (Wildman–Crippen MR) is 52.3 cm³/mol. The van der Waals surface area contributed by atoms with E-state index in [9.17, 15) is 4.79 Å². The van der Waals surface area contributed by atoms with Gasteiger partial charge < -0.3 is 9.84 Å². The van der Waals surface area contributed by atoms with E-state index in [-0.39, 0.29) is 12.7 Å². The summed E-state index contributed by atoms with van der Waals surface area (Å²) in [7, 11) is 0. The molecule has 4 heteroatoms. The summed E-state index contributed by atoms with van der Waals surface area (Å²) in [5.74, 6) is -0.211. The Hall–Kier alpha value is -0.610. The molecule has 0 amide bonds. The molecular formula is C9H21NO3. The number of esters is 1. The van der Waals surface area contributed by atoms with E-state index in [2.05, 4.69) is 4.74 Å². The second-order valence-corrected chi connectivity index (χ2v) is 2.37. The highest BCUT2D eigenvalue weighted by molar-refractivity contribution is 5.65. The molecule has 0 aromatic carbocycles. The molecule has 1 N–H and O–H groups in total. The third kappa shape index (κ3) is 14.3. The van der Waals surface area contributed by atoms with E-state index in [0.29, 0.717) is 6.61 Å². The highest BCUT2D eigenvalue weighted by atomic mass is 16.5. The molecule has 4 nitrogen and oxygen atoms in total. The van der Waals surface area contributed by atoms with Gasteiger partial charge in [-0.1, -0.05) is 13.8 Å². The van der Waals surface area contributed by atoms with E-state index >= 15 is 0 Å². The normalized spacial score (nSPS) is 9.08. The fraction of sp³-hybridized carbons (Fsp3) is 0.889. The van der Waals surface area contributed by atoms with E-state index in [4.69, 9.17) is 5.11 Å². The third-order valence-electron chi connectivity index (χ3n) is 1.44. The second kappa shape index (κ2) is 11.4. The smallest absolute Gasteiger partial charge is 0.302 e. The topological polar surface area (TPSA) is 49.8 Å². The van der Waals surface area contributed by atoms with Crippen LogP contribution in [0.5, 0.6) is 0 Å². The fourth-order valence-electron chi connectivity index (χ4n) is 0.627. The lowest BCUT2D eigenvalue weighted by molar-refractivity contribution is -0.140. The minimum absolute atomic E-state index is 0.188. The lowest BCUT2D eigenvalue weighted by atomic mass is 10.6. The van der Waals surface area contributed by atoms with Crippen LogP contribution < -0.4 is 0 Å². The molecular weight excluding hydrogens is 170 g/mol. The maximum Gasteiger partial charge on any atom is 0.302 e. The number of nitrogens with zero attached hydrogens (tertiary/aromatic N) is 1. The van der Waals surface area contributed by atoms with Crippen LogP contribution in [0.25, 0.3) is 0 Å². The zero-order valence-electron chi connectivity index (χ0n) is 9.04. The number of rotatable bonds is 4. The van der Waals surface area contributed by atoms with Gasteiger partial charge in [0.1, 0.15) is 0 Å². The van der Waals surface area contributed by atoms with Crippen LogP contribution in [0.3, 0.4) is 0 Å². The van der Waals surface area contributed by atoms with Crippen molar-refractivity contribution in [3.8, 4) is 0 Å². The van der Waals surface area contributed by atoms with Gasteiger partial charge in [0.05, 0.1) is 13.3 Å². The van der Waals surface area contributed by atoms with Crippen LogP contribution in [0, 0.1) is 0 Å². The Morgan fingerprint density at radius 1 is 1.31 bits per heavy atom. The Morgan fingerprint density at radius 3 is 1.77 bits per heavy atom. The number of ether oxygens (including phenoxy) is 1. The average molecular weight is 191 g/mol. The molecule has 0 bridgehead atoms. The number of hydrogen-bond acceptors (Lipinski definition) is 4. The largest absolute Gasteiger partial charge is 0.466 e. The molecule has 0 radical (unpaired) electrons. The van der Waals surface area contributed by atoms with E-state index in [1.54, 1.807) is 6.92 Å². The van der Waals surface area contributed by atoms with Crippen molar-refractivity contribution in [2.45, 2.75) is 27.7 Å². The fourth-order valence-corrected chi connectivity index (χ4v) is 0.627. The van der Waals surface area contributed by atoms with Gasteiger partial charge in [0.25, 0.3) is 0 Å². The van der Waals surface area contributed by atoms with Crippen LogP contribution in [-0.2, 0) is 9.53 Å². The van der Waals surface area contributed by atoms with Gasteiger partial charge in [-0.3, -0.25) is 9.69 Å². The zero-order chi connectivity index (χ0) is 10.7. The molecule has 0 aliphatic heterocycles. The first-order valence-corrected chi connectivity index (χ1v) is 4.58. The van der Waals surface area contributed by atoms with Gasteiger partial charge in [0.2, 0.25) is 0 Å². The molecule has 0 spiro atoms. The van der Waals surface area contributed by atoms with E-state index in [1.165, 1.54) is 6.92 Å². The van der Waals surface area contributed by atoms with Gasteiger partial charge in [-0.15, -0.1) is 0 Å². The molecule has 0 unspecified atom stereocenters. The highest BCUT2D eigenvalue weighted by Crippen LogP contribution is 1.79. The summed E-state index contributed by atoms with van der Waals surface area (Å²) in [6.45, 7) is 9.77. The minimum atomic E-state index is -0.211. The first-order chi connectivity index (χ1) is 6.12. The van der Waals surface area contributed by atoms with Crippen LogP contribution in [0.15, 0.2) is 0 Å². The number of aliphatic hydroxyl groups is 1. The molecule has 0 saturated carbocycles. The van der Waals surface area contributed by atoms with Crippen LogP contribution in [0.2, 0.25) is 0 Å². The number of hydrogen-bond donors (Lipinski definition) is 1. The molecule has 0 rings (SSSR count). The molecule has 0 aliphatic rings. The van der Waals surface area contributed by atoms with Gasteiger partial charge >= 0.3 is 5.97 Å². The van der Waals surface area contributed by atoms with Crippen molar-refractivity contribution >= 4 is 5.97 Å². The minimum Gasteiger partial charge on any atom is -0.466 e. The first-order valence-electron chi connectivity index (χ1n) is 4.58. The SMILES string of the molecule is CCN(CC)CO.CCOC(C)=O. The summed E-state index contributed by atoms with van der Waals surface area (Å²) in [5.41, 5.74) is 0. The van der Waals surface area contributed by atoms with Crippen molar-refractivity contribution in [3.63, 3.8) is 0 Å². The summed E-state index contributed by atoms with van der Waals surface area (Å²) in [5, 5.41) is 8.45. The van der Waals surface area contributed by atoms with E-state index in [1.807, 2.05) is 18.7 Å². The van der Waals surface area contributed by atoms with Gasteiger partial charge in [-0.05, 0) is 20.0 Å². The summed E-state index contributed by atoms with van der Waals surface area (Å²) < 4.78 is 4.40. The van der Waals surface area contributed by atoms with Crippen molar-refractivity contribution in [1.82, 2.24) is 4.90 Å². The Kier molecular flexibility index (Phi) is 13.0. The molecule has 0 saturated heterocycles. The monoisotopic (exact) mass is 191 g/mol. The molecule has 0 aromatic rings. The molecule has 0 heterocycles. The van der Waals surface area contributed by atoms with Gasteiger partial charge in [-0.25, -0.2) is 0 Å². The first kappa shape index (κ1) is 14.9. The van der Waals surface area contributed by atoms with Crippen molar-refractivity contribution < 1.29 is 14.6 Å². The van der Waals surface area contributed by atoms with Gasteiger partial charge in [-0.2, -0.15) is 0 Å². The van der Waals surface area contributed by atoms with Crippen LogP contribution >= 0.6 is 0 Å². The maximum absolute atomic E-state index is 9.82. The Bertz CT molecular complexity index is 108. The Labute approximate surface area is 80.5 Å². The van der Waals surface area contributed by atoms with Crippen LogP contribution in [0.1, 0.15) is 27.7 Å². The van der Waals surface area contributed by atoms with Crippen molar-refractivity contribution in [2.24, 2.45) is 0 Å². The zero-order valence-corrected chi connectivity index (χ0v) is 9.04. The molecule has 0 fully saturated rings. The Balaban J connectivity index is 0. The highest BCUT2D eigenvalue weighted by Gasteiger charge is 1.90. The lowest BCUT2D eigenvalue weighted by Crippen LogP contribution is -2.23. The molecule has 80 valence electrons. The van der Waals surface area contributed by atoms with E-state index in [0.717, 1.165) is 13.1 Å². The molecule has 0 aliphatic carbocycles. The Morgan fingerprint density at radius 2 is 1.77 bits per heavy atom. The van der Waals surface area contributed by atoms with Crippen molar-refractivity contribution in [1.29, 1.82) is 0 Å². The van der Waals surface area contributed by atoms with Gasteiger partial charge in [0, 0.05) is 6.92 Å². The summed E-state index contributed by atoms with van der Waals surface area (Å²) >= 11 is 0.